The van der Waals surface area contributed by atoms with Gasteiger partial charge in [0.05, 0.1) is 25.4 Å². The molecule has 0 saturated carbocycles. The van der Waals surface area contributed by atoms with Crippen LogP contribution in [0.4, 0.5) is 4.39 Å². The summed E-state index contributed by atoms with van der Waals surface area (Å²) in [4.78, 5) is 24.9. The van der Waals surface area contributed by atoms with Gasteiger partial charge in [0.15, 0.2) is 11.5 Å². The van der Waals surface area contributed by atoms with E-state index >= 15 is 0 Å². The Morgan fingerprint density at radius 2 is 1.63 bits per heavy atom. The number of aromatic nitrogens is 1. The highest BCUT2D eigenvalue weighted by Crippen LogP contribution is 2.34. The summed E-state index contributed by atoms with van der Waals surface area (Å²) in [5.41, 5.74) is 1.46. The number of hydrogen-bond acceptors (Lipinski definition) is 4. The number of rotatable bonds is 5. The first-order chi connectivity index (χ1) is 12.9. The fraction of sp³-hybridized carbons (Fsp3) is 0.143. The summed E-state index contributed by atoms with van der Waals surface area (Å²) in [6, 6.07) is 10.8. The quantitative estimate of drug-likeness (QED) is 0.497. The topological polar surface area (TPSA) is 57.5 Å². The molecule has 0 spiro atoms. The second-order valence-electron chi connectivity index (χ2n) is 5.90. The van der Waals surface area contributed by atoms with Gasteiger partial charge < -0.3 is 9.47 Å². The zero-order valence-electron chi connectivity index (χ0n) is 15.2. The van der Waals surface area contributed by atoms with Crippen LogP contribution in [-0.2, 0) is 0 Å². The number of nitrogens with zero attached hydrogens (tertiary/aromatic N) is 1. The number of ether oxygens (including phenoxy) is 2. The van der Waals surface area contributed by atoms with Crippen LogP contribution in [0.25, 0.3) is 17.0 Å². The number of benzene rings is 2. The van der Waals surface area contributed by atoms with Gasteiger partial charge in [0, 0.05) is 18.4 Å². The molecule has 27 heavy (non-hydrogen) atoms. The minimum atomic E-state index is -0.349. The lowest BCUT2D eigenvalue weighted by molar-refractivity contribution is 0.0920. The maximum absolute atomic E-state index is 13.0. The first kappa shape index (κ1) is 18.4. The van der Waals surface area contributed by atoms with E-state index < -0.39 is 0 Å². The molecule has 2 aromatic carbocycles. The first-order valence-electron chi connectivity index (χ1n) is 8.21. The number of carbonyl (C=O) groups is 2. The van der Waals surface area contributed by atoms with Gasteiger partial charge in [-0.2, -0.15) is 0 Å². The molecule has 0 saturated heterocycles. The summed E-state index contributed by atoms with van der Waals surface area (Å²) in [5.74, 6) is -0.0181. The standard InChI is InChI=1S/C21H18FNO4/c1-13(24)23-17-12-21(27-3)20(26-2)11-15(17)10-18(23)19(25)9-6-14-4-7-16(22)8-5-14/h4-12H,1-3H3/b9-6+. The Bertz CT molecular complexity index is 1050. The van der Waals surface area contributed by atoms with Gasteiger partial charge in [0.25, 0.3) is 0 Å². The van der Waals surface area contributed by atoms with Crippen molar-refractivity contribution < 1.29 is 23.5 Å². The van der Waals surface area contributed by atoms with Gasteiger partial charge in [-0.1, -0.05) is 18.2 Å². The molecule has 0 atom stereocenters. The van der Waals surface area contributed by atoms with Crippen molar-refractivity contribution in [2.45, 2.75) is 6.92 Å². The highest BCUT2D eigenvalue weighted by molar-refractivity contribution is 6.12. The Kier molecular flexibility index (Phi) is 5.07. The van der Waals surface area contributed by atoms with Gasteiger partial charge in [0.2, 0.25) is 11.7 Å². The first-order valence-corrected chi connectivity index (χ1v) is 8.21. The molecule has 6 heteroatoms. The Morgan fingerprint density at radius 1 is 1.00 bits per heavy atom. The van der Waals surface area contributed by atoms with Crippen molar-refractivity contribution in [2.24, 2.45) is 0 Å². The fourth-order valence-electron chi connectivity index (χ4n) is 2.89. The van der Waals surface area contributed by atoms with Crippen molar-refractivity contribution in [1.29, 1.82) is 0 Å². The second-order valence-corrected chi connectivity index (χ2v) is 5.90. The molecule has 1 aromatic heterocycles. The van der Waals surface area contributed by atoms with Crippen molar-refractivity contribution in [3.05, 3.63) is 65.6 Å². The lowest BCUT2D eigenvalue weighted by atomic mass is 10.1. The predicted molar refractivity (Wildman–Crippen MR) is 101 cm³/mol. The minimum Gasteiger partial charge on any atom is -0.493 e. The van der Waals surface area contributed by atoms with Crippen molar-refractivity contribution in [2.75, 3.05) is 14.2 Å². The summed E-state index contributed by atoms with van der Waals surface area (Å²) >= 11 is 0. The van der Waals surface area contributed by atoms with E-state index in [0.717, 1.165) is 0 Å². The van der Waals surface area contributed by atoms with E-state index in [0.29, 0.717) is 28.0 Å². The SMILES string of the molecule is COc1cc2cc(C(=O)/C=C/c3ccc(F)cc3)n(C(C)=O)c2cc1OC. The molecule has 3 aromatic rings. The average molecular weight is 367 g/mol. The summed E-state index contributed by atoms with van der Waals surface area (Å²) < 4.78 is 24.9. The van der Waals surface area contributed by atoms with Gasteiger partial charge in [-0.25, -0.2) is 4.39 Å². The number of fused-ring (bicyclic) bond motifs is 1. The van der Waals surface area contributed by atoms with E-state index in [4.69, 9.17) is 9.47 Å². The van der Waals surface area contributed by atoms with Gasteiger partial charge in [0.1, 0.15) is 5.82 Å². The van der Waals surface area contributed by atoms with Crippen molar-refractivity contribution in [1.82, 2.24) is 4.57 Å². The van der Waals surface area contributed by atoms with E-state index in [9.17, 15) is 14.0 Å². The molecule has 0 N–H and O–H groups in total. The number of hydrogen-bond donors (Lipinski definition) is 0. The molecule has 0 unspecified atom stereocenters. The van der Waals surface area contributed by atoms with Crippen LogP contribution in [0, 0.1) is 5.82 Å². The summed E-state index contributed by atoms with van der Waals surface area (Å²) in [7, 11) is 3.02. The normalized spacial score (nSPS) is 11.1. The van der Waals surface area contributed by atoms with E-state index in [2.05, 4.69) is 0 Å². The summed E-state index contributed by atoms with van der Waals surface area (Å²) in [6.45, 7) is 1.39. The molecule has 3 rings (SSSR count). The Balaban J connectivity index is 2.07. The van der Waals surface area contributed by atoms with Gasteiger partial charge >= 0.3 is 0 Å². The zero-order chi connectivity index (χ0) is 19.6. The maximum atomic E-state index is 13.0. The number of methoxy groups -OCH3 is 2. The van der Waals surface area contributed by atoms with Gasteiger partial charge in [-0.05, 0) is 35.9 Å². The molecule has 5 nitrogen and oxygen atoms in total. The maximum Gasteiger partial charge on any atom is 0.228 e. The van der Waals surface area contributed by atoms with Crippen molar-refractivity contribution in [3.63, 3.8) is 0 Å². The Morgan fingerprint density at radius 3 is 2.22 bits per heavy atom. The molecular weight excluding hydrogens is 349 g/mol. The molecule has 0 bridgehead atoms. The molecular formula is C21H18FNO4. The van der Waals surface area contributed by atoms with E-state index in [1.54, 1.807) is 36.4 Å². The number of carbonyl (C=O) groups excluding carboxylic acids is 2. The molecule has 0 aliphatic heterocycles. The lowest BCUT2D eigenvalue weighted by Crippen LogP contribution is -2.12. The van der Waals surface area contributed by atoms with Crippen LogP contribution in [0.3, 0.4) is 0 Å². The number of allylic oxidation sites excluding steroid dienone is 1. The molecule has 0 aliphatic carbocycles. The summed E-state index contributed by atoms with van der Waals surface area (Å²) in [6.07, 6.45) is 2.93. The molecule has 0 aliphatic rings. The van der Waals surface area contributed by atoms with Crippen LogP contribution >= 0.6 is 0 Å². The van der Waals surface area contributed by atoms with Crippen LogP contribution in [-0.4, -0.2) is 30.5 Å². The van der Waals surface area contributed by atoms with Gasteiger partial charge in [-0.15, -0.1) is 0 Å². The highest BCUT2D eigenvalue weighted by Gasteiger charge is 2.19. The third-order valence-corrected chi connectivity index (χ3v) is 4.17. The monoisotopic (exact) mass is 367 g/mol. The average Bonchev–Trinajstić information content (AvgIpc) is 3.04. The van der Waals surface area contributed by atoms with E-state index in [1.807, 2.05) is 0 Å². The second kappa shape index (κ2) is 7.45. The molecule has 1 heterocycles. The third-order valence-electron chi connectivity index (χ3n) is 4.17. The third kappa shape index (κ3) is 3.60. The molecule has 0 fully saturated rings. The van der Waals surface area contributed by atoms with Crippen LogP contribution in [0.5, 0.6) is 11.5 Å². The van der Waals surface area contributed by atoms with E-state index in [-0.39, 0.29) is 23.2 Å². The van der Waals surface area contributed by atoms with Gasteiger partial charge in [-0.3, -0.25) is 14.2 Å². The largest absolute Gasteiger partial charge is 0.493 e. The lowest BCUT2D eigenvalue weighted by Gasteiger charge is -2.09. The van der Waals surface area contributed by atoms with Crippen molar-refractivity contribution >= 4 is 28.7 Å². The fourth-order valence-corrected chi connectivity index (χ4v) is 2.89. The Labute approximate surface area is 155 Å². The molecule has 138 valence electrons. The number of ketones is 1. The highest BCUT2D eigenvalue weighted by atomic mass is 19.1. The Hall–Kier alpha value is -3.41. The van der Waals surface area contributed by atoms with Crippen molar-refractivity contribution in [3.8, 4) is 11.5 Å². The molecule has 0 amide bonds. The zero-order valence-corrected chi connectivity index (χ0v) is 15.2. The van der Waals surface area contributed by atoms with Crippen LogP contribution in [0.15, 0.2) is 48.5 Å². The van der Waals surface area contributed by atoms with Crippen LogP contribution < -0.4 is 9.47 Å². The van der Waals surface area contributed by atoms with E-state index in [1.165, 1.54) is 43.9 Å². The predicted octanol–water partition coefficient (Wildman–Crippen LogP) is 4.35. The number of halogens is 1. The molecule has 0 radical (unpaired) electrons. The minimum absolute atomic E-state index is 0.228. The van der Waals surface area contributed by atoms with Crippen LogP contribution in [0.2, 0.25) is 0 Å². The summed E-state index contributed by atoms with van der Waals surface area (Å²) in [5, 5.41) is 0.682. The van der Waals surface area contributed by atoms with Crippen LogP contribution in [0.1, 0.15) is 27.8 Å². The smallest absolute Gasteiger partial charge is 0.228 e.